The summed E-state index contributed by atoms with van der Waals surface area (Å²) in [6, 6.07) is 0.697. The molecule has 1 aliphatic carbocycles. The summed E-state index contributed by atoms with van der Waals surface area (Å²) in [5, 5.41) is 3.92. The fraction of sp³-hybridized carbons (Fsp3) is 0.882. The van der Waals surface area contributed by atoms with E-state index in [2.05, 4.69) is 44.0 Å². The lowest BCUT2D eigenvalue weighted by Gasteiger charge is -2.50. The zero-order valence-corrected chi connectivity index (χ0v) is 13.3. The van der Waals surface area contributed by atoms with E-state index in [9.17, 15) is 0 Å². The third kappa shape index (κ3) is 3.82. The van der Waals surface area contributed by atoms with Crippen LogP contribution in [0.25, 0.3) is 0 Å². The van der Waals surface area contributed by atoms with Crippen LogP contribution in [-0.2, 0) is 0 Å². The smallest absolute Gasteiger partial charge is 0.0309 e. The zero-order chi connectivity index (χ0) is 13.9. The minimum Gasteiger partial charge on any atom is -0.308 e. The topological polar surface area (TPSA) is 15.3 Å². The highest BCUT2D eigenvalue weighted by molar-refractivity contribution is 5.03. The highest BCUT2D eigenvalue weighted by Crippen LogP contribution is 2.33. The van der Waals surface area contributed by atoms with Crippen LogP contribution in [0.2, 0.25) is 0 Å². The van der Waals surface area contributed by atoms with Gasteiger partial charge in [-0.3, -0.25) is 4.90 Å². The van der Waals surface area contributed by atoms with Gasteiger partial charge in [-0.25, -0.2) is 0 Å². The summed E-state index contributed by atoms with van der Waals surface area (Å²) in [4.78, 5) is 2.74. The number of rotatable bonds is 3. The summed E-state index contributed by atoms with van der Waals surface area (Å²) in [5.41, 5.74) is 1.87. The molecule has 1 atom stereocenters. The Labute approximate surface area is 119 Å². The molecule has 1 N–H and O–H groups in total. The van der Waals surface area contributed by atoms with Gasteiger partial charge in [0.2, 0.25) is 0 Å². The van der Waals surface area contributed by atoms with Crippen molar-refractivity contribution in [2.24, 2.45) is 5.92 Å². The van der Waals surface area contributed by atoms with Crippen molar-refractivity contribution in [1.82, 2.24) is 10.2 Å². The molecule has 2 rings (SSSR count). The van der Waals surface area contributed by atoms with E-state index >= 15 is 0 Å². The monoisotopic (exact) mass is 264 g/mol. The molecule has 0 aromatic rings. The fourth-order valence-corrected chi connectivity index (χ4v) is 3.73. The first-order valence-corrected chi connectivity index (χ1v) is 8.15. The summed E-state index contributed by atoms with van der Waals surface area (Å²) in [7, 11) is 0. The second kappa shape index (κ2) is 6.41. The van der Waals surface area contributed by atoms with Gasteiger partial charge in [0.1, 0.15) is 0 Å². The van der Waals surface area contributed by atoms with Crippen LogP contribution in [0.1, 0.15) is 59.8 Å². The van der Waals surface area contributed by atoms with Crippen molar-refractivity contribution in [2.45, 2.75) is 71.4 Å². The average molecular weight is 264 g/mol. The molecule has 2 fully saturated rings. The molecule has 0 bridgehead atoms. The van der Waals surface area contributed by atoms with Gasteiger partial charge in [0.25, 0.3) is 0 Å². The van der Waals surface area contributed by atoms with Gasteiger partial charge in [0, 0.05) is 31.2 Å². The maximum Gasteiger partial charge on any atom is 0.0309 e. The van der Waals surface area contributed by atoms with Crippen LogP contribution in [0.5, 0.6) is 0 Å². The molecule has 1 saturated carbocycles. The van der Waals surface area contributed by atoms with Gasteiger partial charge in [-0.1, -0.05) is 44.8 Å². The van der Waals surface area contributed by atoms with Gasteiger partial charge in [-0.2, -0.15) is 0 Å². The molecule has 1 saturated heterocycles. The van der Waals surface area contributed by atoms with Crippen LogP contribution in [-0.4, -0.2) is 36.1 Å². The Morgan fingerprint density at radius 1 is 1.26 bits per heavy atom. The minimum absolute atomic E-state index is 0.430. The van der Waals surface area contributed by atoms with E-state index in [4.69, 9.17) is 0 Å². The van der Waals surface area contributed by atoms with Crippen LogP contribution in [0, 0.1) is 5.92 Å². The Balaban J connectivity index is 2.05. The molecule has 0 aromatic heterocycles. The van der Waals surface area contributed by atoms with E-state index in [-0.39, 0.29) is 0 Å². The molecule has 2 heteroatoms. The average Bonchev–Trinajstić information content (AvgIpc) is 2.37. The van der Waals surface area contributed by atoms with E-state index < -0.39 is 0 Å². The molecule has 1 aliphatic heterocycles. The predicted molar refractivity (Wildman–Crippen MR) is 83.4 cm³/mol. The van der Waals surface area contributed by atoms with Crippen molar-refractivity contribution in [3.05, 3.63) is 11.6 Å². The lowest BCUT2D eigenvalue weighted by molar-refractivity contribution is 0.0450. The van der Waals surface area contributed by atoms with Gasteiger partial charge in [0.05, 0.1) is 0 Å². The third-order valence-corrected chi connectivity index (χ3v) is 4.98. The molecule has 0 radical (unpaired) electrons. The molecular formula is C17H32N2. The Morgan fingerprint density at radius 3 is 2.53 bits per heavy atom. The number of hydrogen-bond donors (Lipinski definition) is 1. The summed E-state index contributed by atoms with van der Waals surface area (Å²) in [6.45, 7) is 12.7. The highest BCUT2D eigenvalue weighted by Gasteiger charge is 2.40. The van der Waals surface area contributed by atoms with Crippen molar-refractivity contribution in [2.75, 3.05) is 19.6 Å². The maximum atomic E-state index is 3.92. The molecule has 110 valence electrons. The van der Waals surface area contributed by atoms with Crippen molar-refractivity contribution < 1.29 is 0 Å². The van der Waals surface area contributed by atoms with Gasteiger partial charge >= 0.3 is 0 Å². The van der Waals surface area contributed by atoms with Crippen molar-refractivity contribution in [3.63, 3.8) is 0 Å². The standard InChI is InChI=1S/C17H32N2/c1-14(2)8-11-19-13-17(9-6-5-7-10-17)18-12-16(19)15(3)4/h8,15-16,18H,5-7,9-13H2,1-4H3. The van der Waals surface area contributed by atoms with E-state index in [0.717, 1.165) is 12.5 Å². The molecule has 19 heavy (non-hydrogen) atoms. The maximum absolute atomic E-state index is 3.92. The van der Waals surface area contributed by atoms with Crippen molar-refractivity contribution in [1.29, 1.82) is 0 Å². The molecule has 0 aromatic carbocycles. The second-order valence-corrected chi connectivity index (χ2v) is 7.24. The first-order chi connectivity index (χ1) is 9.02. The third-order valence-electron chi connectivity index (χ3n) is 4.98. The molecule has 1 heterocycles. The summed E-state index contributed by atoms with van der Waals surface area (Å²) < 4.78 is 0. The first-order valence-electron chi connectivity index (χ1n) is 8.15. The fourth-order valence-electron chi connectivity index (χ4n) is 3.73. The zero-order valence-electron chi connectivity index (χ0n) is 13.3. The number of nitrogens with zero attached hydrogens (tertiary/aromatic N) is 1. The van der Waals surface area contributed by atoms with Crippen LogP contribution < -0.4 is 5.32 Å². The minimum atomic E-state index is 0.430. The van der Waals surface area contributed by atoms with Crippen LogP contribution in [0.3, 0.4) is 0 Å². The summed E-state index contributed by atoms with van der Waals surface area (Å²) in [5.74, 6) is 0.735. The first kappa shape index (κ1) is 15.1. The lowest BCUT2D eigenvalue weighted by atomic mass is 9.78. The van der Waals surface area contributed by atoms with Crippen LogP contribution in [0.4, 0.5) is 0 Å². The van der Waals surface area contributed by atoms with Gasteiger partial charge in [0.15, 0.2) is 0 Å². The molecular weight excluding hydrogens is 232 g/mol. The molecule has 0 amide bonds. The molecule has 2 aliphatic rings. The Kier molecular flexibility index (Phi) is 5.08. The highest BCUT2D eigenvalue weighted by atomic mass is 15.3. The predicted octanol–water partition coefficient (Wildman–Crippen LogP) is 3.59. The number of piperazine rings is 1. The van der Waals surface area contributed by atoms with E-state index in [1.165, 1.54) is 50.8 Å². The Morgan fingerprint density at radius 2 is 1.95 bits per heavy atom. The van der Waals surface area contributed by atoms with Gasteiger partial charge < -0.3 is 5.32 Å². The van der Waals surface area contributed by atoms with E-state index in [1.54, 1.807) is 0 Å². The number of nitrogens with one attached hydrogen (secondary N) is 1. The van der Waals surface area contributed by atoms with Crippen molar-refractivity contribution in [3.8, 4) is 0 Å². The van der Waals surface area contributed by atoms with E-state index in [1.807, 2.05) is 0 Å². The molecule has 1 unspecified atom stereocenters. The van der Waals surface area contributed by atoms with Gasteiger partial charge in [-0.05, 0) is 32.6 Å². The summed E-state index contributed by atoms with van der Waals surface area (Å²) in [6.07, 6.45) is 9.42. The van der Waals surface area contributed by atoms with Crippen LogP contribution in [0.15, 0.2) is 11.6 Å². The quantitative estimate of drug-likeness (QED) is 0.784. The van der Waals surface area contributed by atoms with E-state index in [0.29, 0.717) is 11.6 Å². The largest absolute Gasteiger partial charge is 0.308 e. The Bertz CT molecular complexity index is 309. The second-order valence-electron chi connectivity index (χ2n) is 7.24. The summed E-state index contributed by atoms with van der Waals surface area (Å²) >= 11 is 0. The SMILES string of the molecule is CC(C)=CCN1CC2(CCCCC2)NCC1C(C)C. The van der Waals surface area contributed by atoms with Crippen molar-refractivity contribution >= 4 is 0 Å². The molecule has 2 nitrogen and oxygen atoms in total. The molecule has 1 spiro atoms. The normalized spacial score (nSPS) is 27.7. The lowest BCUT2D eigenvalue weighted by Crippen LogP contribution is -2.65. The number of hydrogen-bond acceptors (Lipinski definition) is 2. The van der Waals surface area contributed by atoms with Crippen LogP contribution >= 0.6 is 0 Å². The number of allylic oxidation sites excluding steroid dienone is 1. The Hall–Kier alpha value is -0.340. The van der Waals surface area contributed by atoms with Gasteiger partial charge in [-0.15, -0.1) is 0 Å².